The first-order valence-electron chi connectivity index (χ1n) is 9.49. The minimum Gasteiger partial charge on any atom is -0.480 e. The lowest BCUT2D eigenvalue weighted by molar-refractivity contribution is -0.145. The molecule has 0 aliphatic carbocycles. The summed E-state index contributed by atoms with van der Waals surface area (Å²) < 4.78 is 14.3. The van der Waals surface area contributed by atoms with Crippen molar-refractivity contribution in [3.05, 3.63) is 35.1 Å². The van der Waals surface area contributed by atoms with E-state index in [1.54, 1.807) is 24.0 Å². The maximum atomic E-state index is 14.3. The lowest BCUT2D eigenvalue weighted by Gasteiger charge is -2.37. The molecule has 142 valence electrons. The van der Waals surface area contributed by atoms with Crippen molar-refractivity contribution < 1.29 is 19.1 Å². The quantitative estimate of drug-likeness (QED) is 0.895. The number of carboxylic acid groups (broad SMARTS) is 1. The first kappa shape index (κ1) is 18.8. The minimum atomic E-state index is -1.05. The highest BCUT2D eigenvalue weighted by atomic mass is 19.1. The number of hydrogen-bond acceptors (Lipinski definition) is 3. The molecule has 2 aliphatic rings. The number of halogens is 1. The Hall–Kier alpha value is -1.95. The molecule has 1 atom stereocenters. The summed E-state index contributed by atoms with van der Waals surface area (Å²) in [6.45, 7) is 4.44. The highest BCUT2D eigenvalue weighted by Gasteiger charge is 2.35. The van der Waals surface area contributed by atoms with Crippen LogP contribution in [0.2, 0.25) is 0 Å². The molecule has 0 bridgehead atoms. The number of benzene rings is 1. The van der Waals surface area contributed by atoms with E-state index >= 15 is 0 Å². The normalized spacial score (nSPS) is 20.8. The molecule has 0 aromatic heterocycles. The molecule has 1 aromatic carbocycles. The van der Waals surface area contributed by atoms with Crippen LogP contribution in [0.15, 0.2) is 18.2 Å². The molecule has 0 spiro atoms. The summed E-state index contributed by atoms with van der Waals surface area (Å²) in [7, 11) is 0. The Morgan fingerprint density at radius 2 is 1.77 bits per heavy atom. The molecular weight excluding hydrogens is 335 g/mol. The summed E-state index contributed by atoms with van der Waals surface area (Å²) in [6, 6.07) is 3.68. The molecule has 0 unspecified atom stereocenters. The fourth-order valence-electron chi connectivity index (χ4n) is 4.12. The van der Waals surface area contributed by atoms with E-state index in [9.17, 15) is 19.1 Å². The fraction of sp³-hybridized carbons (Fsp3) is 0.600. The second kappa shape index (κ2) is 8.16. The SMILES string of the molecule is Cc1ccc([C@@H](C(=O)O)N2CCC(C(=O)N3CCCCC3)CC2)c(F)c1. The smallest absolute Gasteiger partial charge is 0.325 e. The number of likely N-dealkylation sites (tertiary alicyclic amines) is 2. The average Bonchev–Trinajstić information content (AvgIpc) is 2.64. The highest BCUT2D eigenvalue weighted by molar-refractivity contribution is 5.79. The highest BCUT2D eigenvalue weighted by Crippen LogP contribution is 2.30. The van der Waals surface area contributed by atoms with E-state index in [1.807, 2.05) is 4.90 Å². The third-order valence-electron chi connectivity index (χ3n) is 5.60. The molecule has 2 heterocycles. The van der Waals surface area contributed by atoms with Crippen molar-refractivity contribution in [2.45, 2.75) is 45.1 Å². The number of carbonyl (C=O) groups excluding carboxylic acids is 1. The number of hydrogen-bond donors (Lipinski definition) is 1. The van der Waals surface area contributed by atoms with Crippen molar-refractivity contribution >= 4 is 11.9 Å². The topological polar surface area (TPSA) is 60.9 Å². The molecule has 1 aromatic rings. The van der Waals surface area contributed by atoms with Gasteiger partial charge < -0.3 is 10.0 Å². The second-order valence-corrected chi connectivity index (χ2v) is 7.46. The molecule has 0 saturated carbocycles. The van der Waals surface area contributed by atoms with Crippen molar-refractivity contribution in [2.75, 3.05) is 26.2 Å². The molecule has 6 heteroatoms. The van der Waals surface area contributed by atoms with Crippen LogP contribution in [0.1, 0.15) is 49.3 Å². The van der Waals surface area contributed by atoms with Gasteiger partial charge in [-0.05, 0) is 50.7 Å². The van der Waals surface area contributed by atoms with Crippen LogP contribution in [0.3, 0.4) is 0 Å². The molecule has 1 amide bonds. The van der Waals surface area contributed by atoms with Crippen LogP contribution in [0.25, 0.3) is 0 Å². The standard InChI is InChI=1S/C20H27FN2O3/c1-14-5-6-16(17(21)13-14)18(20(25)26)22-11-7-15(8-12-22)19(24)23-9-3-2-4-10-23/h5-6,13,15,18H,2-4,7-12H2,1H3,(H,25,26)/t18-/m0/s1. The first-order chi connectivity index (χ1) is 12.5. The zero-order chi connectivity index (χ0) is 18.7. The van der Waals surface area contributed by atoms with Gasteiger partial charge in [0.05, 0.1) is 0 Å². The van der Waals surface area contributed by atoms with Gasteiger partial charge >= 0.3 is 5.97 Å². The largest absolute Gasteiger partial charge is 0.480 e. The maximum absolute atomic E-state index is 14.3. The maximum Gasteiger partial charge on any atom is 0.325 e. The minimum absolute atomic E-state index is 0.0401. The molecular formula is C20H27FN2O3. The fourth-order valence-corrected chi connectivity index (χ4v) is 4.12. The van der Waals surface area contributed by atoms with Crippen LogP contribution in [-0.4, -0.2) is 53.0 Å². The van der Waals surface area contributed by atoms with Crippen molar-refractivity contribution in [1.82, 2.24) is 9.80 Å². The number of amides is 1. The molecule has 5 nitrogen and oxygen atoms in total. The Morgan fingerprint density at radius 1 is 1.12 bits per heavy atom. The van der Waals surface area contributed by atoms with Gasteiger partial charge in [0.15, 0.2) is 0 Å². The van der Waals surface area contributed by atoms with E-state index in [0.29, 0.717) is 25.9 Å². The summed E-state index contributed by atoms with van der Waals surface area (Å²) in [5, 5.41) is 9.67. The Morgan fingerprint density at radius 3 is 2.35 bits per heavy atom. The van der Waals surface area contributed by atoms with Crippen molar-refractivity contribution in [1.29, 1.82) is 0 Å². The molecule has 1 N–H and O–H groups in total. The first-order valence-corrected chi connectivity index (χ1v) is 9.49. The van der Waals surface area contributed by atoms with E-state index < -0.39 is 17.8 Å². The van der Waals surface area contributed by atoms with Crippen LogP contribution in [0, 0.1) is 18.7 Å². The summed E-state index contributed by atoms with van der Waals surface area (Å²) in [5.74, 6) is -1.36. The number of aryl methyl sites for hydroxylation is 1. The van der Waals surface area contributed by atoms with Crippen LogP contribution in [-0.2, 0) is 9.59 Å². The molecule has 2 saturated heterocycles. The lowest BCUT2D eigenvalue weighted by Crippen LogP contribution is -2.46. The summed E-state index contributed by atoms with van der Waals surface area (Å²) in [4.78, 5) is 28.2. The van der Waals surface area contributed by atoms with Gasteiger partial charge in [0.25, 0.3) is 0 Å². The van der Waals surface area contributed by atoms with Crippen molar-refractivity contribution in [3.8, 4) is 0 Å². The van der Waals surface area contributed by atoms with Gasteiger partial charge in [-0.1, -0.05) is 12.1 Å². The summed E-state index contributed by atoms with van der Waals surface area (Å²) in [6.07, 6.45) is 4.58. The van der Waals surface area contributed by atoms with Crippen LogP contribution in [0.5, 0.6) is 0 Å². The molecule has 3 rings (SSSR count). The number of carbonyl (C=O) groups is 2. The van der Waals surface area contributed by atoms with E-state index in [2.05, 4.69) is 0 Å². The molecule has 0 radical (unpaired) electrons. The van der Waals surface area contributed by atoms with Gasteiger partial charge in [0, 0.05) is 37.7 Å². The number of nitrogens with zero attached hydrogens (tertiary/aromatic N) is 2. The Bertz CT molecular complexity index is 665. The lowest BCUT2D eigenvalue weighted by atomic mass is 9.92. The molecule has 2 fully saturated rings. The zero-order valence-electron chi connectivity index (χ0n) is 15.3. The van der Waals surface area contributed by atoms with Gasteiger partial charge in [-0.25, -0.2) is 4.39 Å². The predicted molar refractivity (Wildman–Crippen MR) is 96.2 cm³/mol. The Labute approximate surface area is 153 Å². The number of aliphatic carboxylic acids is 1. The van der Waals surface area contributed by atoms with Gasteiger partial charge in [-0.3, -0.25) is 14.5 Å². The monoisotopic (exact) mass is 362 g/mol. The van der Waals surface area contributed by atoms with Gasteiger partial charge in [-0.15, -0.1) is 0 Å². The summed E-state index contributed by atoms with van der Waals surface area (Å²) >= 11 is 0. The van der Waals surface area contributed by atoms with E-state index in [0.717, 1.165) is 31.5 Å². The van der Waals surface area contributed by atoms with Gasteiger partial charge in [-0.2, -0.15) is 0 Å². The number of rotatable bonds is 4. The van der Waals surface area contributed by atoms with E-state index in [4.69, 9.17) is 0 Å². The summed E-state index contributed by atoms with van der Waals surface area (Å²) in [5.41, 5.74) is 0.963. The van der Waals surface area contributed by atoms with Crippen LogP contribution >= 0.6 is 0 Å². The van der Waals surface area contributed by atoms with E-state index in [-0.39, 0.29) is 17.4 Å². The second-order valence-electron chi connectivity index (χ2n) is 7.46. The molecule has 26 heavy (non-hydrogen) atoms. The predicted octanol–water partition coefficient (Wildman–Crippen LogP) is 2.98. The zero-order valence-corrected chi connectivity index (χ0v) is 15.3. The third kappa shape index (κ3) is 4.06. The van der Waals surface area contributed by atoms with Crippen molar-refractivity contribution in [3.63, 3.8) is 0 Å². The third-order valence-corrected chi connectivity index (χ3v) is 5.60. The van der Waals surface area contributed by atoms with E-state index in [1.165, 1.54) is 12.5 Å². The van der Waals surface area contributed by atoms with Crippen LogP contribution < -0.4 is 0 Å². The van der Waals surface area contributed by atoms with Crippen molar-refractivity contribution in [2.24, 2.45) is 5.92 Å². The molecule has 2 aliphatic heterocycles. The van der Waals surface area contributed by atoms with Gasteiger partial charge in [0.1, 0.15) is 11.9 Å². The Kier molecular flexibility index (Phi) is 5.91. The van der Waals surface area contributed by atoms with Crippen LogP contribution in [0.4, 0.5) is 4.39 Å². The number of carboxylic acids is 1. The Balaban J connectivity index is 1.66. The number of piperidine rings is 2. The average molecular weight is 362 g/mol. The van der Waals surface area contributed by atoms with Gasteiger partial charge in [0.2, 0.25) is 5.91 Å².